The first-order chi connectivity index (χ1) is 14.6. The minimum Gasteiger partial charge on any atom is -0.394 e. The van der Waals surface area contributed by atoms with Crippen LogP contribution in [0.5, 0.6) is 0 Å². The Bertz CT molecular complexity index is 978. The number of para-hydroxylation sites is 1. The molecule has 7 nitrogen and oxygen atoms in total. The van der Waals surface area contributed by atoms with Gasteiger partial charge in [-0.2, -0.15) is 4.72 Å². The van der Waals surface area contributed by atoms with Crippen LogP contribution >= 0.6 is 0 Å². The van der Waals surface area contributed by atoms with Crippen LogP contribution in [0.25, 0.3) is 0 Å². The van der Waals surface area contributed by atoms with Gasteiger partial charge in [0, 0.05) is 31.9 Å². The fourth-order valence-corrected chi connectivity index (χ4v) is 4.78. The van der Waals surface area contributed by atoms with Gasteiger partial charge in [0.05, 0.1) is 11.5 Å². The smallest absolute Gasteiger partial charge is 0.243 e. The van der Waals surface area contributed by atoms with Crippen LogP contribution in [-0.2, 0) is 20.2 Å². The largest absolute Gasteiger partial charge is 0.394 e. The zero-order valence-electron chi connectivity index (χ0n) is 18.3. The fourth-order valence-electron chi connectivity index (χ4n) is 3.60. The number of carbonyl (C=O) groups is 1. The highest BCUT2D eigenvalue weighted by atomic mass is 32.2. The predicted molar refractivity (Wildman–Crippen MR) is 122 cm³/mol. The summed E-state index contributed by atoms with van der Waals surface area (Å²) in [6.45, 7) is 7.77. The highest BCUT2D eigenvalue weighted by Gasteiger charge is 2.31. The summed E-state index contributed by atoms with van der Waals surface area (Å²) in [7, 11) is -3.94. The van der Waals surface area contributed by atoms with E-state index in [2.05, 4.69) is 9.62 Å². The SMILES string of the molecule is CC(C)(C)c1ccc(S(=O)(=O)N[C@@H](CO)C(=O)N2CCN(c3ccccc3)CC2)cc1. The summed E-state index contributed by atoms with van der Waals surface area (Å²) in [6, 6.07) is 15.3. The molecule has 1 heterocycles. The number of amides is 1. The molecule has 1 saturated heterocycles. The highest BCUT2D eigenvalue weighted by molar-refractivity contribution is 7.89. The number of anilines is 1. The number of piperazine rings is 1. The second kappa shape index (κ2) is 9.38. The van der Waals surface area contributed by atoms with Crippen molar-refractivity contribution in [3.8, 4) is 0 Å². The van der Waals surface area contributed by atoms with Crippen LogP contribution in [-0.4, -0.2) is 63.2 Å². The molecule has 31 heavy (non-hydrogen) atoms. The van der Waals surface area contributed by atoms with Crippen molar-refractivity contribution in [1.29, 1.82) is 0 Å². The number of hydrogen-bond acceptors (Lipinski definition) is 5. The van der Waals surface area contributed by atoms with Crippen molar-refractivity contribution in [3.63, 3.8) is 0 Å². The molecule has 3 rings (SSSR count). The van der Waals surface area contributed by atoms with Gasteiger partial charge in [-0.05, 0) is 35.2 Å². The van der Waals surface area contributed by atoms with E-state index < -0.39 is 28.6 Å². The quantitative estimate of drug-likeness (QED) is 0.710. The minimum absolute atomic E-state index is 0.0700. The molecule has 0 unspecified atom stereocenters. The Morgan fingerprint density at radius 2 is 1.58 bits per heavy atom. The number of carbonyl (C=O) groups excluding carboxylic acids is 1. The zero-order valence-corrected chi connectivity index (χ0v) is 19.1. The number of sulfonamides is 1. The van der Waals surface area contributed by atoms with Gasteiger partial charge in [-0.15, -0.1) is 0 Å². The number of hydrogen-bond donors (Lipinski definition) is 2. The second-order valence-corrected chi connectivity index (χ2v) is 10.5. The summed E-state index contributed by atoms with van der Waals surface area (Å²) in [6.07, 6.45) is 0. The van der Waals surface area contributed by atoms with Crippen LogP contribution < -0.4 is 9.62 Å². The molecule has 0 aromatic heterocycles. The van der Waals surface area contributed by atoms with Gasteiger partial charge in [0.2, 0.25) is 15.9 Å². The van der Waals surface area contributed by atoms with Crippen LogP contribution in [0.1, 0.15) is 26.3 Å². The lowest BCUT2D eigenvalue weighted by Gasteiger charge is -2.37. The molecule has 1 aliphatic heterocycles. The summed E-state index contributed by atoms with van der Waals surface area (Å²) >= 11 is 0. The van der Waals surface area contributed by atoms with Gasteiger partial charge in [0.25, 0.3) is 0 Å². The Kier molecular flexibility index (Phi) is 7.03. The van der Waals surface area contributed by atoms with Crippen LogP contribution in [0.2, 0.25) is 0 Å². The van der Waals surface area contributed by atoms with Crippen molar-refractivity contribution in [2.75, 3.05) is 37.7 Å². The Morgan fingerprint density at radius 3 is 2.10 bits per heavy atom. The maximum Gasteiger partial charge on any atom is 0.243 e. The molecule has 1 aliphatic rings. The van der Waals surface area contributed by atoms with E-state index in [1.54, 1.807) is 17.0 Å². The molecule has 0 aliphatic carbocycles. The number of aliphatic hydroxyl groups excluding tert-OH is 1. The highest BCUT2D eigenvalue weighted by Crippen LogP contribution is 2.23. The molecule has 1 amide bonds. The van der Waals surface area contributed by atoms with Gasteiger partial charge >= 0.3 is 0 Å². The average molecular weight is 446 g/mol. The van der Waals surface area contributed by atoms with Gasteiger partial charge in [-0.1, -0.05) is 51.1 Å². The van der Waals surface area contributed by atoms with E-state index in [0.717, 1.165) is 11.3 Å². The lowest BCUT2D eigenvalue weighted by atomic mass is 9.87. The fraction of sp³-hybridized carbons (Fsp3) is 0.435. The van der Waals surface area contributed by atoms with Gasteiger partial charge < -0.3 is 14.9 Å². The maximum atomic E-state index is 12.9. The lowest BCUT2D eigenvalue weighted by Crippen LogP contribution is -2.56. The molecular weight excluding hydrogens is 414 g/mol. The molecule has 2 N–H and O–H groups in total. The minimum atomic E-state index is -3.94. The van der Waals surface area contributed by atoms with Crippen molar-refractivity contribution >= 4 is 21.6 Å². The van der Waals surface area contributed by atoms with Crippen LogP contribution in [0.15, 0.2) is 59.5 Å². The van der Waals surface area contributed by atoms with Gasteiger partial charge in [-0.25, -0.2) is 8.42 Å². The molecule has 0 radical (unpaired) electrons. The monoisotopic (exact) mass is 445 g/mol. The van der Waals surface area contributed by atoms with Crippen molar-refractivity contribution in [3.05, 3.63) is 60.2 Å². The van der Waals surface area contributed by atoms with Gasteiger partial charge in [0.1, 0.15) is 6.04 Å². The van der Waals surface area contributed by atoms with E-state index in [4.69, 9.17) is 0 Å². The van der Waals surface area contributed by atoms with Crippen LogP contribution in [0.4, 0.5) is 5.69 Å². The number of nitrogens with one attached hydrogen (secondary N) is 1. The summed E-state index contributed by atoms with van der Waals surface area (Å²) in [5.74, 6) is -0.412. The number of rotatable bonds is 6. The number of nitrogens with zero attached hydrogens (tertiary/aromatic N) is 2. The molecule has 168 valence electrons. The third-order valence-corrected chi connectivity index (χ3v) is 7.01. The number of aliphatic hydroxyl groups is 1. The van der Waals surface area contributed by atoms with Gasteiger partial charge in [0.15, 0.2) is 0 Å². The normalized spacial score (nSPS) is 16.3. The average Bonchev–Trinajstić information content (AvgIpc) is 2.77. The van der Waals surface area contributed by atoms with E-state index in [1.165, 1.54) is 12.1 Å². The Hall–Kier alpha value is -2.42. The number of benzene rings is 2. The summed E-state index contributed by atoms with van der Waals surface area (Å²) in [5.41, 5.74) is 2.01. The third kappa shape index (κ3) is 5.64. The third-order valence-electron chi connectivity index (χ3n) is 5.52. The van der Waals surface area contributed by atoms with Crippen LogP contribution in [0.3, 0.4) is 0 Å². The molecule has 1 atom stereocenters. The van der Waals surface area contributed by atoms with Crippen molar-refractivity contribution in [2.24, 2.45) is 0 Å². The van der Waals surface area contributed by atoms with Crippen LogP contribution in [0, 0.1) is 0 Å². The molecule has 8 heteroatoms. The first-order valence-electron chi connectivity index (χ1n) is 10.4. The predicted octanol–water partition coefficient (Wildman–Crippen LogP) is 1.97. The van der Waals surface area contributed by atoms with Gasteiger partial charge in [-0.3, -0.25) is 4.79 Å². The topological polar surface area (TPSA) is 89.9 Å². The molecule has 0 saturated carbocycles. The van der Waals surface area contributed by atoms with E-state index in [0.29, 0.717) is 26.2 Å². The summed E-state index contributed by atoms with van der Waals surface area (Å²) in [5, 5.41) is 9.73. The van der Waals surface area contributed by atoms with E-state index in [-0.39, 0.29) is 10.3 Å². The molecule has 2 aromatic carbocycles. The van der Waals surface area contributed by atoms with E-state index in [1.807, 2.05) is 51.1 Å². The maximum absolute atomic E-state index is 12.9. The standard InChI is InChI=1S/C23H31N3O4S/c1-23(2,3)18-9-11-20(12-10-18)31(29,30)24-21(17-27)22(28)26-15-13-25(14-16-26)19-7-5-4-6-8-19/h4-12,21,24,27H,13-17H2,1-3H3/t21-/m0/s1. The Balaban J connectivity index is 1.64. The molecule has 0 spiro atoms. The van der Waals surface area contributed by atoms with Crippen molar-refractivity contribution in [2.45, 2.75) is 37.1 Å². The second-order valence-electron chi connectivity index (χ2n) is 8.78. The summed E-state index contributed by atoms with van der Waals surface area (Å²) in [4.78, 5) is 16.7. The first-order valence-corrected chi connectivity index (χ1v) is 11.9. The molecule has 2 aromatic rings. The zero-order chi connectivity index (χ0) is 22.6. The molecule has 0 bridgehead atoms. The van der Waals surface area contributed by atoms with Crippen molar-refractivity contribution < 1.29 is 18.3 Å². The molecule has 1 fully saturated rings. The first kappa shape index (κ1) is 23.2. The van der Waals surface area contributed by atoms with E-state index in [9.17, 15) is 18.3 Å². The summed E-state index contributed by atoms with van der Waals surface area (Å²) < 4.78 is 27.9. The lowest BCUT2D eigenvalue weighted by molar-refractivity contribution is -0.134. The Labute approximate surface area is 184 Å². The Morgan fingerprint density at radius 1 is 1.00 bits per heavy atom. The molecular formula is C23H31N3O4S. The van der Waals surface area contributed by atoms with Crippen molar-refractivity contribution in [1.82, 2.24) is 9.62 Å². The van der Waals surface area contributed by atoms with E-state index >= 15 is 0 Å².